The fraction of sp³-hybridized carbons (Fsp3) is 0.393. The van der Waals surface area contributed by atoms with Crippen LogP contribution in [-0.2, 0) is 6.18 Å². The highest BCUT2D eigenvalue weighted by molar-refractivity contribution is 6.32. The summed E-state index contributed by atoms with van der Waals surface area (Å²) in [5.41, 5.74) is -0.264. The zero-order chi connectivity index (χ0) is 29.3. The van der Waals surface area contributed by atoms with E-state index in [0.717, 1.165) is 18.6 Å². The van der Waals surface area contributed by atoms with Gasteiger partial charge in [0.1, 0.15) is 18.7 Å². The second kappa shape index (κ2) is 11.6. The number of carbonyl (C=O) groups is 1. The number of rotatable bonds is 7. The second-order valence-corrected chi connectivity index (χ2v) is 10.7. The maximum atomic E-state index is 13.8. The van der Waals surface area contributed by atoms with Crippen LogP contribution in [-0.4, -0.2) is 67.2 Å². The van der Waals surface area contributed by atoms with Crippen LogP contribution >= 0.6 is 11.6 Å². The van der Waals surface area contributed by atoms with Crippen molar-refractivity contribution in [3.63, 3.8) is 0 Å². The highest BCUT2D eigenvalue weighted by Gasteiger charge is 2.34. The summed E-state index contributed by atoms with van der Waals surface area (Å²) in [6, 6.07) is 8.23. The van der Waals surface area contributed by atoms with Crippen LogP contribution in [0.3, 0.4) is 0 Å². The Bertz CT molecular complexity index is 1440. The summed E-state index contributed by atoms with van der Waals surface area (Å²) in [6.45, 7) is 4.32. The Balaban J connectivity index is 1.38. The standard InChI is InChI=1S/C28H30ClF3N6O3/c1-16(37(2)3)18-6-8-38(14-18)21-12-19(28(30,31)32)11-20(13-21)36-26(39)17-4-5-22(29)23(10-17)41-27-24-25(34-15-35-27)33-7-9-40-24/h4-5,10-13,15-16,18H,6-9,14H2,1-3H3,(H,36,39)(H,33,34,35)/t16?,18-/m0/s1. The Morgan fingerprint density at radius 2 is 2.05 bits per heavy atom. The van der Waals surface area contributed by atoms with E-state index in [1.54, 1.807) is 6.07 Å². The molecule has 2 aromatic carbocycles. The van der Waals surface area contributed by atoms with Gasteiger partial charge in [-0.15, -0.1) is 0 Å². The molecule has 2 N–H and O–H groups in total. The molecule has 3 aromatic rings. The van der Waals surface area contributed by atoms with Crippen LogP contribution in [0.2, 0.25) is 5.02 Å². The molecule has 0 bridgehead atoms. The minimum absolute atomic E-state index is 0.0331. The molecule has 13 heteroatoms. The maximum absolute atomic E-state index is 13.8. The zero-order valence-corrected chi connectivity index (χ0v) is 23.5. The summed E-state index contributed by atoms with van der Waals surface area (Å²) in [6.07, 6.45) is -2.42. The number of halogens is 4. The van der Waals surface area contributed by atoms with Gasteiger partial charge in [0.25, 0.3) is 11.8 Å². The molecule has 0 aliphatic carbocycles. The normalized spacial score (nSPS) is 17.5. The van der Waals surface area contributed by atoms with Gasteiger partial charge in [-0.05, 0) is 69.8 Å². The minimum Gasteiger partial charge on any atom is -0.483 e. The topological polar surface area (TPSA) is 91.9 Å². The number of ether oxygens (including phenoxy) is 2. The Morgan fingerprint density at radius 1 is 1.24 bits per heavy atom. The lowest BCUT2D eigenvalue weighted by molar-refractivity contribution is -0.137. The van der Waals surface area contributed by atoms with Crippen LogP contribution in [0.25, 0.3) is 0 Å². The number of alkyl halides is 3. The summed E-state index contributed by atoms with van der Waals surface area (Å²) < 4.78 is 53.0. The number of nitrogens with zero attached hydrogens (tertiary/aromatic N) is 4. The molecule has 0 spiro atoms. The zero-order valence-electron chi connectivity index (χ0n) is 22.8. The Labute approximate surface area is 240 Å². The van der Waals surface area contributed by atoms with Gasteiger partial charge in [-0.1, -0.05) is 11.6 Å². The van der Waals surface area contributed by atoms with Gasteiger partial charge in [-0.2, -0.15) is 18.2 Å². The van der Waals surface area contributed by atoms with E-state index in [1.165, 1.54) is 24.5 Å². The highest BCUT2D eigenvalue weighted by Crippen LogP contribution is 2.39. The summed E-state index contributed by atoms with van der Waals surface area (Å²) in [5, 5.41) is 5.89. The van der Waals surface area contributed by atoms with E-state index in [-0.39, 0.29) is 33.9 Å². The van der Waals surface area contributed by atoms with Crippen LogP contribution in [0.4, 0.5) is 30.4 Å². The number of anilines is 3. The van der Waals surface area contributed by atoms with Crippen LogP contribution in [0.1, 0.15) is 29.3 Å². The number of hydrogen-bond donors (Lipinski definition) is 2. The van der Waals surface area contributed by atoms with Gasteiger partial charge in [0, 0.05) is 36.1 Å². The largest absolute Gasteiger partial charge is 0.483 e. The van der Waals surface area contributed by atoms with E-state index in [2.05, 4.69) is 32.4 Å². The first-order chi connectivity index (χ1) is 19.5. The van der Waals surface area contributed by atoms with Crippen molar-refractivity contribution in [1.82, 2.24) is 14.9 Å². The predicted octanol–water partition coefficient (Wildman–Crippen LogP) is 5.77. The van der Waals surface area contributed by atoms with Crippen molar-refractivity contribution in [1.29, 1.82) is 0 Å². The number of aromatic nitrogens is 2. The van der Waals surface area contributed by atoms with Crippen LogP contribution in [0, 0.1) is 5.92 Å². The van der Waals surface area contributed by atoms with Crippen molar-refractivity contribution in [3.05, 3.63) is 58.9 Å². The molecule has 2 aliphatic rings. The lowest BCUT2D eigenvalue weighted by Gasteiger charge is -2.27. The first-order valence-corrected chi connectivity index (χ1v) is 13.5. The van der Waals surface area contributed by atoms with E-state index >= 15 is 0 Å². The van der Waals surface area contributed by atoms with Gasteiger partial charge in [0.05, 0.1) is 17.1 Å². The third-order valence-electron chi connectivity index (χ3n) is 7.40. The van der Waals surface area contributed by atoms with Gasteiger partial charge in [0.2, 0.25) is 5.75 Å². The second-order valence-electron chi connectivity index (χ2n) is 10.3. The Morgan fingerprint density at radius 3 is 2.80 bits per heavy atom. The molecule has 1 fully saturated rings. The van der Waals surface area contributed by atoms with Crippen molar-refractivity contribution >= 4 is 34.7 Å². The molecular weight excluding hydrogens is 561 g/mol. The van der Waals surface area contributed by atoms with E-state index in [4.69, 9.17) is 21.1 Å². The van der Waals surface area contributed by atoms with Gasteiger partial charge in [-0.25, -0.2) is 4.98 Å². The van der Waals surface area contributed by atoms with E-state index in [1.807, 2.05) is 19.0 Å². The van der Waals surface area contributed by atoms with Gasteiger partial charge in [-0.3, -0.25) is 4.79 Å². The highest BCUT2D eigenvalue weighted by atomic mass is 35.5. The molecule has 1 amide bonds. The SMILES string of the molecule is CC([C@H]1CCN(c2cc(NC(=O)c3ccc(Cl)c(Oc4ncnc5c4OCCN5)c3)cc(C(F)(F)F)c2)C1)N(C)C. The molecular formula is C28H30ClF3N6O3. The smallest absolute Gasteiger partial charge is 0.416 e. The third kappa shape index (κ3) is 6.43. The number of nitrogens with one attached hydrogen (secondary N) is 2. The lowest BCUT2D eigenvalue weighted by atomic mass is 10.00. The first-order valence-electron chi connectivity index (χ1n) is 13.1. The molecule has 2 atom stereocenters. The summed E-state index contributed by atoms with van der Waals surface area (Å²) >= 11 is 6.32. The molecule has 9 nitrogen and oxygen atoms in total. The quantitative estimate of drug-likeness (QED) is 0.358. The van der Waals surface area contributed by atoms with Crippen molar-refractivity contribution in [2.24, 2.45) is 5.92 Å². The number of benzene rings is 2. The monoisotopic (exact) mass is 590 g/mol. The summed E-state index contributed by atoms with van der Waals surface area (Å²) in [5.74, 6) is 0.693. The van der Waals surface area contributed by atoms with Crippen LogP contribution in [0.15, 0.2) is 42.7 Å². The fourth-order valence-electron chi connectivity index (χ4n) is 4.91. The van der Waals surface area contributed by atoms with Crippen LogP contribution in [0.5, 0.6) is 17.4 Å². The molecule has 1 saturated heterocycles. The lowest BCUT2D eigenvalue weighted by Crippen LogP contribution is -2.34. The number of fused-ring (bicyclic) bond motifs is 1. The molecule has 1 aromatic heterocycles. The number of hydrogen-bond acceptors (Lipinski definition) is 8. The van der Waals surface area contributed by atoms with Crippen molar-refractivity contribution in [2.75, 3.05) is 55.9 Å². The Kier molecular flexibility index (Phi) is 8.14. The van der Waals surface area contributed by atoms with Crippen molar-refractivity contribution < 1.29 is 27.4 Å². The molecule has 0 saturated carbocycles. The fourth-order valence-corrected chi connectivity index (χ4v) is 5.06. The van der Waals surface area contributed by atoms with Crippen molar-refractivity contribution in [3.8, 4) is 17.4 Å². The molecule has 41 heavy (non-hydrogen) atoms. The summed E-state index contributed by atoms with van der Waals surface area (Å²) in [4.78, 5) is 25.5. The number of amides is 1. The number of carbonyl (C=O) groups excluding carboxylic acids is 1. The average molecular weight is 591 g/mol. The molecule has 5 rings (SSSR count). The Hall–Kier alpha value is -3.77. The van der Waals surface area contributed by atoms with Gasteiger partial charge < -0.3 is 29.9 Å². The third-order valence-corrected chi connectivity index (χ3v) is 7.71. The first kappa shape index (κ1) is 28.7. The van der Waals surface area contributed by atoms with E-state index < -0.39 is 17.6 Å². The van der Waals surface area contributed by atoms with Gasteiger partial charge >= 0.3 is 6.18 Å². The van der Waals surface area contributed by atoms with Crippen LogP contribution < -0.4 is 25.0 Å². The van der Waals surface area contributed by atoms with E-state index in [0.29, 0.717) is 49.4 Å². The van der Waals surface area contributed by atoms with E-state index in [9.17, 15) is 18.0 Å². The molecule has 2 aliphatic heterocycles. The average Bonchev–Trinajstić information content (AvgIpc) is 3.44. The molecule has 0 radical (unpaired) electrons. The molecule has 3 heterocycles. The summed E-state index contributed by atoms with van der Waals surface area (Å²) in [7, 11) is 3.98. The molecule has 1 unspecified atom stereocenters. The maximum Gasteiger partial charge on any atom is 0.416 e. The van der Waals surface area contributed by atoms with Crippen molar-refractivity contribution in [2.45, 2.75) is 25.6 Å². The predicted molar refractivity (Wildman–Crippen MR) is 150 cm³/mol. The molecule has 218 valence electrons. The van der Waals surface area contributed by atoms with Gasteiger partial charge in [0.15, 0.2) is 5.82 Å². The minimum atomic E-state index is -4.58.